The van der Waals surface area contributed by atoms with Crippen molar-refractivity contribution in [1.29, 1.82) is 0 Å². The van der Waals surface area contributed by atoms with Crippen molar-refractivity contribution in [1.82, 2.24) is 4.90 Å². The number of thiophene rings is 1. The second-order valence-electron chi connectivity index (χ2n) is 5.76. The van der Waals surface area contributed by atoms with E-state index in [0.717, 1.165) is 16.6 Å². The van der Waals surface area contributed by atoms with Gasteiger partial charge < -0.3 is 4.90 Å². The van der Waals surface area contributed by atoms with E-state index in [0.29, 0.717) is 17.8 Å². The number of ketones is 1. The van der Waals surface area contributed by atoms with Crippen LogP contribution in [0.1, 0.15) is 42.8 Å². The van der Waals surface area contributed by atoms with Gasteiger partial charge in [0.2, 0.25) is 5.91 Å². The molecule has 5 heteroatoms. The summed E-state index contributed by atoms with van der Waals surface area (Å²) >= 11 is 4.77. The molecule has 1 saturated heterocycles. The number of likely N-dealkylation sites (tertiary alicyclic amines) is 1. The summed E-state index contributed by atoms with van der Waals surface area (Å²) in [7, 11) is 0. The van der Waals surface area contributed by atoms with Gasteiger partial charge in [0.05, 0.1) is 15.2 Å². The minimum Gasteiger partial charge on any atom is -0.335 e. The maximum atomic E-state index is 12.1. The van der Waals surface area contributed by atoms with Crippen LogP contribution in [0, 0.1) is 5.41 Å². The third kappa shape index (κ3) is 3.89. The fourth-order valence-corrected chi connectivity index (χ4v) is 3.49. The lowest BCUT2D eigenvalue weighted by molar-refractivity contribution is -0.130. The fourth-order valence-electron chi connectivity index (χ4n) is 2.17. The summed E-state index contributed by atoms with van der Waals surface area (Å²) in [5.74, 6) is 0.137. The number of halogens is 1. The number of rotatable bonds is 3. The predicted octanol–water partition coefficient (Wildman–Crippen LogP) is 3.73. The molecule has 1 amide bonds. The molecule has 1 aromatic rings. The van der Waals surface area contributed by atoms with Gasteiger partial charge in [0.25, 0.3) is 0 Å². The summed E-state index contributed by atoms with van der Waals surface area (Å²) in [6.07, 6.45) is 2.41. The Hall–Kier alpha value is -0.680. The minimum absolute atomic E-state index is 0.0313. The molecule has 3 nitrogen and oxygen atoms in total. The van der Waals surface area contributed by atoms with E-state index in [1.807, 2.05) is 12.1 Å². The highest BCUT2D eigenvalue weighted by molar-refractivity contribution is 9.11. The van der Waals surface area contributed by atoms with Crippen molar-refractivity contribution in [2.24, 2.45) is 5.41 Å². The van der Waals surface area contributed by atoms with Gasteiger partial charge in [0.15, 0.2) is 5.78 Å². The summed E-state index contributed by atoms with van der Waals surface area (Å²) in [4.78, 5) is 26.6. The van der Waals surface area contributed by atoms with Gasteiger partial charge in [-0.05, 0) is 46.3 Å². The van der Waals surface area contributed by atoms with Crippen LogP contribution < -0.4 is 0 Å². The molecule has 2 rings (SSSR count). The average molecular weight is 344 g/mol. The lowest BCUT2D eigenvalue weighted by atomic mass is 9.85. The quantitative estimate of drug-likeness (QED) is 0.784. The van der Waals surface area contributed by atoms with E-state index in [-0.39, 0.29) is 23.7 Å². The molecule has 0 N–H and O–H groups in total. The van der Waals surface area contributed by atoms with Crippen molar-refractivity contribution < 1.29 is 9.59 Å². The normalized spacial score (nSPS) is 19.3. The molecule has 1 fully saturated rings. The molecular weight excluding hydrogens is 326 g/mol. The molecule has 0 spiro atoms. The first-order valence-electron chi connectivity index (χ1n) is 6.44. The standard InChI is InChI=1S/C14H18BrNO2S/c1-14(2)6-5-13(18)16(8-7-14)9-10(17)11-3-4-12(15)19-11/h3-4H,5-9H2,1-2H3. The van der Waals surface area contributed by atoms with Crippen molar-refractivity contribution in [3.05, 3.63) is 20.8 Å². The molecule has 19 heavy (non-hydrogen) atoms. The summed E-state index contributed by atoms with van der Waals surface area (Å²) in [5, 5.41) is 0. The van der Waals surface area contributed by atoms with Gasteiger partial charge in [-0.1, -0.05) is 13.8 Å². The molecule has 104 valence electrons. The lowest BCUT2D eigenvalue weighted by Gasteiger charge is -2.22. The molecule has 0 aromatic carbocycles. The summed E-state index contributed by atoms with van der Waals surface area (Å²) in [6.45, 7) is 5.26. The highest BCUT2D eigenvalue weighted by atomic mass is 79.9. The predicted molar refractivity (Wildman–Crippen MR) is 80.6 cm³/mol. The first kappa shape index (κ1) is 14.7. The number of hydrogen-bond acceptors (Lipinski definition) is 3. The van der Waals surface area contributed by atoms with E-state index in [1.165, 1.54) is 11.3 Å². The van der Waals surface area contributed by atoms with Crippen LogP contribution in [0.2, 0.25) is 0 Å². The van der Waals surface area contributed by atoms with Crippen molar-refractivity contribution >= 4 is 39.0 Å². The summed E-state index contributed by atoms with van der Waals surface area (Å²) < 4.78 is 0.944. The molecule has 0 unspecified atom stereocenters. The van der Waals surface area contributed by atoms with Crippen LogP contribution in [0.5, 0.6) is 0 Å². The van der Waals surface area contributed by atoms with Crippen LogP contribution >= 0.6 is 27.3 Å². The SMILES string of the molecule is CC1(C)CCC(=O)N(CC(=O)c2ccc(Br)s2)CC1. The molecule has 0 aliphatic carbocycles. The Morgan fingerprint density at radius 2 is 2.16 bits per heavy atom. The van der Waals surface area contributed by atoms with Gasteiger partial charge in [-0.15, -0.1) is 11.3 Å². The lowest BCUT2D eigenvalue weighted by Crippen LogP contribution is -2.35. The number of carbonyl (C=O) groups excluding carboxylic acids is 2. The molecule has 0 bridgehead atoms. The van der Waals surface area contributed by atoms with Crippen LogP contribution in [0.3, 0.4) is 0 Å². The third-order valence-electron chi connectivity index (χ3n) is 3.61. The van der Waals surface area contributed by atoms with Crippen LogP contribution in [-0.2, 0) is 4.79 Å². The maximum Gasteiger partial charge on any atom is 0.222 e. The molecule has 0 radical (unpaired) electrons. The Labute approximate surface area is 126 Å². The minimum atomic E-state index is 0.0313. The second kappa shape index (κ2) is 5.75. The first-order valence-corrected chi connectivity index (χ1v) is 8.05. The van der Waals surface area contributed by atoms with Crippen molar-refractivity contribution in [3.63, 3.8) is 0 Å². The smallest absolute Gasteiger partial charge is 0.222 e. The molecule has 1 aromatic heterocycles. The van der Waals surface area contributed by atoms with Crippen LogP contribution in [0.25, 0.3) is 0 Å². The number of hydrogen-bond donors (Lipinski definition) is 0. The van der Waals surface area contributed by atoms with E-state index in [9.17, 15) is 9.59 Å². The number of nitrogens with zero attached hydrogens (tertiary/aromatic N) is 1. The Morgan fingerprint density at radius 1 is 1.42 bits per heavy atom. The highest BCUT2D eigenvalue weighted by Gasteiger charge is 2.28. The maximum absolute atomic E-state index is 12.1. The molecule has 1 aliphatic heterocycles. The monoisotopic (exact) mass is 343 g/mol. The molecule has 1 aliphatic rings. The Balaban J connectivity index is 2.02. The second-order valence-corrected chi connectivity index (χ2v) is 8.22. The molecule has 2 heterocycles. The van der Waals surface area contributed by atoms with Gasteiger partial charge in [-0.2, -0.15) is 0 Å². The number of amides is 1. The van der Waals surface area contributed by atoms with Crippen molar-refractivity contribution in [2.45, 2.75) is 33.1 Å². The van der Waals surface area contributed by atoms with Gasteiger partial charge in [-0.3, -0.25) is 9.59 Å². The van der Waals surface area contributed by atoms with E-state index < -0.39 is 0 Å². The zero-order valence-electron chi connectivity index (χ0n) is 11.2. The summed E-state index contributed by atoms with van der Waals surface area (Å²) in [6, 6.07) is 3.68. The zero-order valence-corrected chi connectivity index (χ0v) is 13.6. The van der Waals surface area contributed by atoms with E-state index in [2.05, 4.69) is 29.8 Å². The van der Waals surface area contributed by atoms with Gasteiger partial charge in [0.1, 0.15) is 0 Å². The third-order valence-corrected chi connectivity index (χ3v) is 5.27. The average Bonchev–Trinajstić information content (AvgIpc) is 2.73. The van der Waals surface area contributed by atoms with Crippen LogP contribution in [0.4, 0.5) is 0 Å². The van der Waals surface area contributed by atoms with Gasteiger partial charge in [-0.25, -0.2) is 0 Å². The fraction of sp³-hybridized carbons (Fsp3) is 0.571. The Kier molecular flexibility index (Phi) is 4.46. The van der Waals surface area contributed by atoms with Gasteiger partial charge in [0, 0.05) is 13.0 Å². The summed E-state index contributed by atoms with van der Waals surface area (Å²) in [5.41, 5.74) is 0.194. The number of carbonyl (C=O) groups is 2. The van der Waals surface area contributed by atoms with Crippen LogP contribution in [0.15, 0.2) is 15.9 Å². The van der Waals surface area contributed by atoms with Crippen LogP contribution in [-0.4, -0.2) is 29.7 Å². The topological polar surface area (TPSA) is 37.4 Å². The van der Waals surface area contributed by atoms with Gasteiger partial charge >= 0.3 is 0 Å². The first-order chi connectivity index (χ1) is 8.87. The largest absolute Gasteiger partial charge is 0.335 e. The Morgan fingerprint density at radius 3 is 2.79 bits per heavy atom. The zero-order chi connectivity index (χ0) is 14.0. The highest BCUT2D eigenvalue weighted by Crippen LogP contribution is 2.30. The molecule has 0 atom stereocenters. The van der Waals surface area contributed by atoms with Crippen molar-refractivity contribution in [3.8, 4) is 0 Å². The molecular formula is C14H18BrNO2S. The molecule has 0 saturated carbocycles. The van der Waals surface area contributed by atoms with E-state index in [4.69, 9.17) is 0 Å². The Bertz CT molecular complexity index is 495. The van der Waals surface area contributed by atoms with E-state index in [1.54, 1.807) is 4.90 Å². The number of Topliss-reactive ketones (excluding diaryl/α,β-unsaturated/α-hetero) is 1. The van der Waals surface area contributed by atoms with E-state index >= 15 is 0 Å². The van der Waals surface area contributed by atoms with Crippen molar-refractivity contribution in [2.75, 3.05) is 13.1 Å².